The van der Waals surface area contributed by atoms with E-state index in [9.17, 15) is 9.59 Å². The van der Waals surface area contributed by atoms with Crippen molar-refractivity contribution >= 4 is 28.2 Å². The summed E-state index contributed by atoms with van der Waals surface area (Å²) in [4.78, 5) is 25.6. The number of carbonyl (C=O) groups is 2. The summed E-state index contributed by atoms with van der Waals surface area (Å²) in [6.45, 7) is 0. The van der Waals surface area contributed by atoms with E-state index in [0.717, 1.165) is 47.7 Å². The van der Waals surface area contributed by atoms with Crippen LogP contribution in [0.15, 0.2) is 36.4 Å². The van der Waals surface area contributed by atoms with Crippen LogP contribution in [0.4, 0.5) is 5.69 Å². The van der Waals surface area contributed by atoms with Crippen LogP contribution >= 0.6 is 0 Å². The SMILES string of the molecule is CN(C)c1ccc(C(=O)CCCCCCC(=O)NO)c2ccccc12. The van der Waals surface area contributed by atoms with Gasteiger partial charge in [0.1, 0.15) is 0 Å². The monoisotopic (exact) mass is 342 g/mol. The molecule has 0 unspecified atom stereocenters. The van der Waals surface area contributed by atoms with E-state index in [4.69, 9.17) is 5.21 Å². The van der Waals surface area contributed by atoms with Crippen LogP contribution in [0.1, 0.15) is 48.9 Å². The predicted octanol–water partition coefficient (Wildman–Crippen LogP) is 3.93. The molecule has 0 fully saturated rings. The molecule has 5 heteroatoms. The summed E-state index contributed by atoms with van der Waals surface area (Å²) >= 11 is 0. The highest BCUT2D eigenvalue weighted by molar-refractivity contribution is 6.11. The van der Waals surface area contributed by atoms with E-state index < -0.39 is 0 Å². The quantitative estimate of drug-likeness (QED) is 0.313. The standard InChI is InChI=1S/C20H26N2O3/c1-22(2)18-14-13-17(15-9-7-8-10-16(15)18)19(23)11-5-3-4-6-12-20(24)21-25/h7-10,13-14,25H,3-6,11-12H2,1-2H3,(H,21,24). The van der Waals surface area contributed by atoms with E-state index in [2.05, 4.69) is 4.90 Å². The Kier molecular flexibility index (Phi) is 6.95. The number of ketones is 1. The van der Waals surface area contributed by atoms with Crippen LogP contribution in [-0.2, 0) is 4.79 Å². The number of benzene rings is 2. The third-order valence-corrected chi connectivity index (χ3v) is 4.37. The van der Waals surface area contributed by atoms with E-state index in [0.29, 0.717) is 12.8 Å². The van der Waals surface area contributed by atoms with Gasteiger partial charge in [-0.05, 0) is 30.4 Å². The lowest BCUT2D eigenvalue weighted by Crippen LogP contribution is -2.17. The van der Waals surface area contributed by atoms with E-state index >= 15 is 0 Å². The van der Waals surface area contributed by atoms with E-state index in [1.165, 1.54) is 0 Å². The normalized spacial score (nSPS) is 10.7. The fourth-order valence-electron chi connectivity index (χ4n) is 3.03. The topological polar surface area (TPSA) is 69.6 Å². The van der Waals surface area contributed by atoms with Crippen molar-refractivity contribution in [2.45, 2.75) is 38.5 Å². The van der Waals surface area contributed by atoms with E-state index in [-0.39, 0.29) is 11.7 Å². The molecule has 0 aliphatic carbocycles. The summed E-state index contributed by atoms with van der Waals surface area (Å²) < 4.78 is 0. The third-order valence-electron chi connectivity index (χ3n) is 4.37. The van der Waals surface area contributed by atoms with Crippen molar-refractivity contribution in [2.75, 3.05) is 19.0 Å². The molecule has 1 amide bonds. The molecule has 5 nitrogen and oxygen atoms in total. The van der Waals surface area contributed by atoms with Gasteiger partial charge in [-0.1, -0.05) is 37.1 Å². The lowest BCUT2D eigenvalue weighted by Gasteiger charge is -2.17. The Morgan fingerprint density at radius 3 is 2.20 bits per heavy atom. The minimum Gasteiger partial charge on any atom is -0.377 e. The molecule has 0 saturated heterocycles. The van der Waals surface area contributed by atoms with Crippen molar-refractivity contribution in [3.05, 3.63) is 42.0 Å². The molecule has 2 N–H and O–H groups in total. The molecule has 134 valence electrons. The number of hydroxylamine groups is 1. The molecule has 0 heterocycles. The maximum atomic E-state index is 12.6. The highest BCUT2D eigenvalue weighted by Gasteiger charge is 2.13. The van der Waals surface area contributed by atoms with Gasteiger partial charge in [0.05, 0.1) is 0 Å². The van der Waals surface area contributed by atoms with Gasteiger partial charge in [0.2, 0.25) is 5.91 Å². The number of hydrogen-bond donors (Lipinski definition) is 2. The molecule has 2 rings (SSSR count). The van der Waals surface area contributed by atoms with Crippen molar-refractivity contribution in [1.82, 2.24) is 5.48 Å². The number of amides is 1. The van der Waals surface area contributed by atoms with Crippen molar-refractivity contribution in [1.29, 1.82) is 0 Å². The van der Waals surface area contributed by atoms with Crippen LogP contribution in [0.3, 0.4) is 0 Å². The smallest absolute Gasteiger partial charge is 0.243 e. The van der Waals surface area contributed by atoms with Gasteiger partial charge < -0.3 is 4.90 Å². The second-order valence-corrected chi connectivity index (χ2v) is 6.44. The first-order chi connectivity index (χ1) is 12.0. The number of Topliss-reactive ketones (excluding diaryl/α,β-unsaturated/α-hetero) is 1. The van der Waals surface area contributed by atoms with Gasteiger partial charge in [0.25, 0.3) is 0 Å². The van der Waals surface area contributed by atoms with Crippen molar-refractivity contribution in [3.63, 3.8) is 0 Å². The number of unbranched alkanes of at least 4 members (excludes halogenated alkanes) is 3. The fourth-order valence-corrected chi connectivity index (χ4v) is 3.03. The Hall–Kier alpha value is -2.40. The van der Waals surface area contributed by atoms with Crippen LogP contribution in [0.25, 0.3) is 10.8 Å². The van der Waals surface area contributed by atoms with Gasteiger partial charge in [0.15, 0.2) is 5.78 Å². The summed E-state index contributed by atoms with van der Waals surface area (Å²) in [6, 6.07) is 11.9. The van der Waals surface area contributed by atoms with E-state index in [1.54, 1.807) is 5.48 Å². The number of nitrogens with zero attached hydrogens (tertiary/aromatic N) is 1. The second kappa shape index (κ2) is 9.18. The zero-order valence-corrected chi connectivity index (χ0v) is 14.9. The van der Waals surface area contributed by atoms with Crippen LogP contribution < -0.4 is 10.4 Å². The molecule has 0 radical (unpaired) electrons. The maximum Gasteiger partial charge on any atom is 0.243 e. The van der Waals surface area contributed by atoms with Crippen LogP contribution in [0.5, 0.6) is 0 Å². The van der Waals surface area contributed by atoms with Gasteiger partial charge in [-0.15, -0.1) is 0 Å². The molecule has 0 atom stereocenters. The Bertz CT molecular complexity index is 741. The summed E-state index contributed by atoms with van der Waals surface area (Å²) in [5.74, 6) is -0.196. The lowest BCUT2D eigenvalue weighted by molar-refractivity contribution is -0.129. The fraction of sp³-hybridized carbons (Fsp3) is 0.400. The molecule has 0 saturated carbocycles. The Labute approximate surface area is 148 Å². The minimum absolute atomic E-state index is 0.162. The summed E-state index contributed by atoms with van der Waals surface area (Å²) in [7, 11) is 4.00. The average Bonchev–Trinajstić information content (AvgIpc) is 2.62. The average molecular weight is 342 g/mol. The minimum atomic E-state index is -0.358. The van der Waals surface area contributed by atoms with Crippen LogP contribution in [0.2, 0.25) is 0 Å². The van der Waals surface area contributed by atoms with Crippen molar-refractivity contribution < 1.29 is 14.8 Å². The first kappa shape index (κ1) is 18.9. The second-order valence-electron chi connectivity index (χ2n) is 6.44. The van der Waals surface area contributed by atoms with Gasteiger partial charge in [-0.2, -0.15) is 0 Å². The first-order valence-corrected chi connectivity index (χ1v) is 8.70. The van der Waals surface area contributed by atoms with Gasteiger partial charge in [-0.3, -0.25) is 14.8 Å². The van der Waals surface area contributed by atoms with Crippen molar-refractivity contribution in [3.8, 4) is 0 Å². The highest BCUT2D eigenvalue weighted by atomic mass is 16.5. The largest absolute Gasteiger partial charge is 0.377 e. The Morgan fingerprint density at radius 1 is 0.920 bits per heavy atom. The molecule has 25 heavy (non-hydrogen) atoms. The molecule has 0 aromatic heterocycles. The molecule has 0 bridgehead atoms. The Balaban J connectivity index is 1.96. The molecule has 2 aromatic rings. The molecule has 0 aliphatic heterocycles. The molecule has 0 spiro atoms. The zero-order chi connectivity index (χ0) is 18.2. The number of rotatable bonds is 9. The number of hydrogen-bond acceptors (Lipinski definition) is 4. The summed E-state index contributed by atoms with van der Waals surface area (Å²) in [5, 5.41) is 10.5. The van der Waals surface area contributed by atoms with Crippen LogP contribution in [-0.4, -0.2) is 31.0 Å². The number of carbonyl (C=O) groups excluding carboxylic acids is 2. The molecule has 0 aliphatic rings. The predicted molar refractivity (Wildman–Crippen MR) is 100 cm³/mol. The zero-order valence-electron chi connectivity index (χ0n) is 14.9. The maximum absolute atomic E-state index is 12.6. The van der Waals surface area contributed by atoms with Gasteiger partial charge in [-0.25, -0.2) is 5.48 Å². The summed E-state index contributed by atoms with van der Waals surface area (Å²) in [6.07, 6.45) is 4.14. The summed E-state index contributed by atoms with van der Waals surface area (Å²) in [5.41, 5.74) is 3.51. The number of anilines is 1. The Morgan fingerprint density at radius 2 is 1.56 bits per heavy atom. The van der Waals surface area contributed by atoms with Crippen LogP contribution in [0, 0.1) is 0 Å². The number of fused-ring (bicyclic) bond motifs is 1. The number of nitrogens with one attached hydrogen (secondary N) is 1. The van der Waals surface area contributed by atoms with Crippen molar-refractivity contribution in [2.24, 2.45) is 0 Å². The third kappa shape index (κ3) is 5.03. The lowest BCUT2D eigenvalue weighted by atomic mass is 9.96. The van der Waals surface area contributed by atoms with Gasteiger partial charge >= 0.3 is 0 Å². The first-order valence-electron chi connectivity index (χ1n) is 8.70. The van der Waals surface area contributed by atoms with E-state index in [1.807, 2.05) is 50.5 Å². The van der Waals surface area contributed by atoms with Gasteiger partial charge in [0, 0.05) is 43.6 Å². The molecular formula is C20H26N2O3. The molecular weight excluding hydrogens is 316 g/mol. The molecule has 2 aromatic carbocycles. The highest BCUT2D eigenvalue weighted by Crippen LogP contribution is 2.29.